The molecule has 2 aromatic heterocycles. The van der Waals surface area contributed by atoms with Crippen molar-refractivity contribution >= 4 is 17.4 Å². The number of nitrogens with zero attached hydrogens (tertiary/aromatic N) is 5. The van der Waals surface area contributed by atoms with E-state index in [1.54, 1.807) is 28.7 Å². The molecule has 0 unspecified atom stereocenters. The molecule has 0 saturated heterocycles. The summed E-state index contributed by atoms with van der Waals surface area (Å²) in [5, 5.41) is 12.2. The Kier molecular flexibility index (Phi) is 2.12. The number of aromatic nitrogens is 5. The van der Waals surface area contributed by atoms with Gasteiger partial charge in [-0.1, -0.05) is 16.8 Å². The van der Waals surface area contributed by atoms with Gasteiger partial charge < -0.3 is 5.73 Å². The minimum atomic E-state index is 0.395. The van der Waals surface area contributed by atoms with Crippen LogP contribution in [0.1, 0.15) is 5.69 Å². The first kappa shape index (κ1) is 9.01. The molecule has 0 fully saturated rings. The Bertz CT molecular complexity index is 425. The van der Waals surface area contributed by atoms with Crippen LogP contribution in [0.5, 0.6) is 0 Å². The van der Waals surface area contributed by atoms with Crippen molar-refractivity contribution in [1.82, 2.24) is 24.8 Å². The van der Waals surface area contributed by atoms with Crippen LogP contribution in [0.15, 0.2) is 12.3 Å². The largest absolute Gasteiger partial charge is 0.381 e. The zero-order valence-corrected chi connectivity index (χ0v) is 8.31. The molecule has 6 nitrogen and oxygen atoms in total. The lowest BCUT2D eigenvalue weighted by molar-refractivity contribution is 0.624. The quantitative estimate of drug-likeness (QED) is 0.777. The van der Waals surface area contributed by atoms with Gasteiger partial charge in [0.1, 0.15) is 5.15 Å². The number of aryl methyl sites for hydroxylation is 1. The lowest BCUT2D eigenvalue weighted by Gasteiger charge is -1.93. The number of nitrogen functional groups attached to an aromatic ring is 1. The molecular formula is C7H9ClN6. The van der Waals surface area contributed by atoms with Gasteiger partial charge in [0.15, 0.2) is 5.82 Å². The molecule has 0 radical (unpaired) electrons. The van der Waals surface area contributed by atoms with Crippen LogP contribution < -0.4 is 5.73 Å². The molecule has 0 spiro atoms. The second-order valence-electron chi connectivity index (χ2n) is 2.92. The van der Waals surface area contributed by atoms with E-state index < -0.39 is 0 Å². The van der Waals surface area contributed by atoms with Crippen LogP contribution in [-0.4, -0.2) is 24.8 Å². The molecular weight excluding hydrogens is 204 g/mol. The first-order valence-corrected chi connectivity index (χ1v) is 4.37. The SMILES string of the molecule is Cn1nc(Cn2cc(N)nn2)cc1Cl. The first-order valence-electron chi connectivity index (χ1n) is 3.99. The predicted octanol–water partition coefficient (Wildman–Crippen LogP) is 0.295. The van der Waals surface area contributed by atoms with E-state index in [2.05, 4.69) is 15.4 Å². The number of anilines is 1. The summed E-state index contributed by atoms with van der Waals surface area (Å²) in [5.41, 5.74) is 6.24. The number of nitrogens with two attached hydrogens (primary N) is 1. The number of rotatable bonds is 2. The highest BCUT2D eigenvalue weighted by atomic mass is 35.5. The predicted molar refractivity (Wildman–Crippen MR) is 51.8 cm³/mol. The van der Waals surface area contributed by atoms with Crippen LogP contribution in [0.25, 0.3) is 0 Å². The van der Waals surface area contributed by atoms with Crippen LogP contribution in [-0.2, 0) is 13.6 Å². The van der Waals surface area contributed by atoms with E-state index in [-0.39, 0.29) is 0 Å². The highest BCUT2D eigenvalue weighted by Gasteiger charge is 2.04. The number of hydrogen-bond acceptors (Lipinski definition) is 4. The van der Waals surface area contributed by atoms with Crippen molar-refractivity contribution in [3.8, 4) is 0 Å². The van der Waals surface area contributed by atoms with E-state index in [0.717, 1.165) is 5.69 Å². The third kappa shape index (κ3) is 1.69. The van der Waals surface area contributed by atoms with Gasteiger partial charge in [-0.05, 0) is 0 Å². The Labute approximate surface area is 85.3 Å². The molecule has 7 heteroatoms. The molecule has 14 heavy (non-hydrogen) atoms. The fraction of sp³-hybridized carbons (Fsp3) is 0.286. The Hall–Kier alpha value is -1.56. The van der Waals surface area contributed by atoms with Gasteiger partial charge in [0.05, 0.1) is 18.4 Å². The number of halogens is 1. The molecule has 74 valence electrons. The second-order valence-corrected chi connectivity index (χ2v) is 3.31. The Balaban J connectivity index is 2.18. The van der Waals surface area contributed by atoms with Crippen molar-refractivity contribution in [2.75, 3.05) is 5.73 Å². The highest BCUT2D eigenvalue weighted by Crippen LogP contribution is 2.10. The van der Waals surface area contributed by atoms with Gasteiger partial charge in [0.2, 0.25) is 0 Å². The van der Waals surface area contributed by atoms with Gasteiger partial charge in [-0.2, -0.15) is 5.10 Å². The van der Waals surface area contributed by atoms with Crippen molar-refractivity contribution in [3.63, 3.8) is 0 Å². The first-order chi connectivity index (χ1) is 6.65. The van der Waals surface area contributed by atoms with Crippen molar-refractivity contribution < 1.29 is 0 Å². The van der Waals surface area contributed by atoms with Gasteiger partial charge in [0, 0.05) is 13.1 Å². The summed E-state index contributed by atoms with van der Waals surface area (Å²) in [6.07, 6.45) is 1.64. The minimum Gasteiger partial charge on any atom is -0.381 e. The van der Waals surface area contributed by atoms with E-state index in [9.17, 15) is 0 Å². The standard InChI is InChI=1S/C7H9ClN6/c1-13-6(8)2-5(11-13)3-14-4-7(9)10-12-14/h2,4H,3,9H2,1H3. The van der Waals surface area contributed by atoms with E-state index in [1.807, 2.05) is 0 Å². The van der Waals surface area contributed by atoms with E-state index in [0.29, 0.717) is 17.5 Å². The molecule has 0 amide bonds. The van der Waals surface area contributed by atoms with Crippen LogP contribution in [0, 0.1) is 0 Å². The van der Waals surface area contributed by atoms with Crippen molar-refractivity contribution in [2.45, 2.75) is 6.54 Å². The summed E-state index contributed by atoms with van der Waals surface area (Å²) in [5.74, 6) is 0.395. The average Bonchev–Trinajstić information content (AvgIpc) is 2.62. The van der Waals surface area contributed by atoms with Crippen LogP contribution >= 0.6 is 11.6 Å². The van der Waals surface area contributed by atoms with E-state index in [1.165, 1.54) is 0 Å². The molecule has 0 aromatic carbocycles. The minimum absolute atomic E-state index is 0.395. The summed E-state index contributed by atoms with van der Waals surface area (Å²) in [6, 6.07) is 1.78. The van der Waals surface area contributed by atoms with Crippen LogP contribution in [0.4, 0.5) is 5.82 Å². The summed E-state index contributed by atoms with van der Waals surface area (Å²) < 4.78 is 3.20. The van der Waals surface area contributed by atoms with Gasteiger partial charge in [-0.25, -0.2) is 4.68 Å². The average molecular weight is 213 g/mol. The van der Waals surface area contributed by atoms with Gasteiger partial charge >= 0.3 is 0 Å². The molecule has 0 saturated carbocycles. The lowest BCUT2D eigenvalue weighted by Crippen LogP contribution is -2.02. The Morgan fingerprint density at radius 3 is 2.86 bits per heavy atom. The van der Waals surface area contributed by atoms with E-state index in [4.69, 9.17) is 17.3 Å². The van der Waals surface area contributed by atoms with Crippen molar-refractivity contribution in [2.24, 2.45) is 7.05 Å². The van der Waals surface area contributed by atoms with Crippen LogP contribution in [0.3, 0.4) is 0 Å². The molecule has 2 aromatic rings. The zero-order valence-electron chi connectivity index (χ0n) is 7.55. The lowest BCUT2D eigenvalue weighted by atomic mass is 10.4. The zero-order chi connectivity index (χ0) is 10.1. The van der Waals surface area contributed by atoms with E-state index >= 15 is 0 Å². The van der Waals surface area contributed by atoms with Crippen LogP contribution in [0.2, 0.25) is 5.15 Å². The second kappa shape index (κ2) is 3.30. The molecule has 0 atom stereocenters. The van der Waals surface area contributed by atoms with Crippen molar-refractivity contribution in [1.29, 1.82) is 0 Å². The summed E-state index contributed by atoms with van der Waals surface area (Å²) >= 11 is 5.83. The summed E-state index contributed by atoms with van der Waals surface area (Å²) in [4.78, 5) is 0. The monoisotopic (exact) mass is 212 g/mol. The Morgan fingerprint density at radius 1 is 1.57 bits per heavy atom. The maximum atomic E-state index is 5.83. The molecule has 0 bridgehead atoms. The molecule has 0 aliphatic rings. The summed E-state index contributed by atoms with van der Waals surface area (Å²) in [6.45, 7) is 0.519. The molecule has 2 heterocycles. The van der Waals surface area contributed by atoms with Gasteiger partial charge in [-0.15, -0.1) is 5.10 Å². The molecule has 0 aliphatic heterocycles. The number of hydrogen-bond donors (Lipinski definition) is 1. The highest BCUT2D eigenvalue weighted by molar-refractivity contribution is 6.29. The normalized spacial score (nSPS) is 10.7. The Morgan fingerprint density at radius 2 is 2.36 bits per heavy atom. The third-order valence-electron chi connectivity index (χ3n) is 1.75. The van der Waals surface area contributed by atoms with Gasteiger partial charge in [0.25, 0.3) is 0 Å². The molecule has 0 aliphatic carbocycles. The molecule has 2 N–H and O–H groups in total. The summed E-state index contributed by atoms with van der Waals surface area (Å²) in [7, 11) is 1.78. The maximum absolute atomic E-state index is 5.83. The van der Waals surface area contributed by atoms with Gasteiger partial charge in [-0.3, -0.25) is 4.68 Å². The fourth-order valence-electron chi connectivity index (χ4n) is 1.13. The van der Waals surface area contributed by atoms with Crippen molar-refractivity contribution in [3.05, 3.63) is 23.1 Å². The third-order valence-corrected chi connectivity index (χ3v) is 2.11. The smallest absolute Gasteiger partial charge is 0.165 e. The maximum Gasteiger partial charge on any atom is 0.165 e. The molecule has 2 rings (SSSR count). The fourth-order valence-corrected chi connectivity index (χ4v) is 1.30. The topological polar surface area (TPSA) is 74.5 Å².